The van der Waals surface area contributed by atoms with Gasteiger partial charge in [0.1, 0.15) is 5.82 Å². The van der Waals surface area contributed by atoms with E-state index in [1.165, 1.54) is 6.42 Å². The van der Waals surface area contributed by atoms with Gasteiger partial charge in [-0.25, -0.2) is 4.98 Å². The molecule has 100 valence electrons. The van der Waals surface area contributed by atoms with Crippen LogP contribution in [0.4, 0.5) is 11.5 Å². The maximum atomic E-state index is 9.75. The maximum Gasteiger partial charge on any atom is 0.149 e. The molecule has 1 fully saturated rings. The lowest BCUT2D eigenvalue weighted by Crippen LogP contribution is -2.46. The van der Waals surface area contributed by atoms with Gasteiger partial charge in [0.2, 0.25) is 0 Å². The number of aryl methyl sites for hydroxylation is 1. The average molecular weight is 249 g/mol. The molecule has 0 aliphatic heterocycles. The molecule has 1 aromatic rings. The van der Waals surface area contributed by atoms with E-state index in [2.05, 4.69) is 17.2 Å². The minimum absolute atomic E-state index is 0.131. The third kappa shape index (κ3) is 2.58. The summed E-state index contributed by atoms with van der Waals surface area (Å²) in [5, 5.41) is 13.1. The minimum Gasteiger partial charge on any atom is -0.396 e. The Labute approximate surface area is 109 Å². The topological polar surface area (TPSA) is 71.2 Å². The lowest BCUT2D eigenvalue weighted by Gasteiger charge is -2.40. The van der Waals surface area contributed by atoms with Crippen LogP contribution in [0.25, 0.3) is 0 Å². The van der Waals surface area contributed by atoms with Gasteiger partial charge < -0.3 is 16.2 Å². The molecule has 4 nitrogen and oxygen atoms in total. The van der Waals surface area contributed by atoms with Crippen LogP contribution < -0.4 is 11.1 Å². The van der Waals surface area contributed by atoms with E-state index < -0.39 is 0 Å². The van der Waals surface area contributed by atoms with Crippen molar-refractivity contribution in [2.24, 2.45) is 5.92 Å². The predicted octanol–water partition coefficient (Wildman–Crippen LogP) is 2.33. The summed E-state index contributed by atoms with van der Waals surface area (Å²) in [4.78, 5) is 4.30. The molecule has 4 N–H and O–H groups in total. The molecule has 0 bridgehead atoms. The van der Waals surface area contributed by atoms with Crippen molar-refractivity contribution < 1.29 is 5.11 Å². The predicted molar refractivity (Wildman–Crippen MR) is 74.5 cm³/mol. The molecular weight excluding hydrogens is 226 g/mol. The molecule has 1 heterocycles. The van der Waals surface area contributed by atoms with Gasteiger partial charge in [-0.05, 0) is 37.3 Å². The summed E-state index contributed by atoms with van der Waals surface area (Å²) in [5.41, 5.74) is 7.49. The number of nitrogen functional groups attached to an aromatic ring is 1. The van der Waals surface area contributed by atoms with Crippen LogP contribution in [-0.4, -0.2) is 22.2 Å². The molecule has 1 aliphatic rings. The highest BCUT2D eigenvalue weighted by molar-refractivity contribution is 5.65. The molecule has 2 rings (SSSR count). The number of aromatic nitrogens is 1. The highest BCUT2D eigenvalue weighted by Crippen LogP contribution is 2.35. The average Bonchev–Trinajstić information content (AvgIpc) is 2.35. The monoisotopic (exact) mass is 249 g/mol. The molecule has 0 saturated heterocycles. The molecule has 0 radical (unpaired) electrons. The fourth-order valence-corrected chi connectivity index (χ4v) is 2.88. The number of nitrogens with two attached hydrogens (primary N) is 1. The fraction of sp³-hybridized carbons (Fsp3) is 0.643. The van der Waals surface area contributed by atoms with E-state index in [9.17, 15) is 5.11 Å². The van der Waals surface area contributed by atoms with E-state index in [0.29, 0.717) is 17.4 Å². The molecule has 2 unspecified atom stereocenters. The van der Waals surface area contributed by atoms with Gasteiger partial charge in [0, 0.05) is 6.20 Å². The standard InChI is InChI=1S/C14H23N3O/c1-10-4-3-6-14(8-10,9-18)17-13-12(15)11(2)5-7-16-13/h5,7,10,18H,3-4,6,8-9,15H2,1-2H3,(H,16,17). The normalized spacial score (nSPS) is 28.1. The third-order valence-corrected chi connectivity index (χ3v) is 3.99. The Hall–Kier alpha value is -1.29. The van der Waals surface area contributed by atoms with Crippen LogP contribution in [0.5, 0.6) is 0 Å². The second kappa shape index (κ2) is 5.14. The zero-order valence-electron chi connectivity index (χ0n) is 11.2. The molecule has 2 atom stereocenters. The first kappa shape index (κ1) is 13.1. The molecule has 1 aromatic heterocycles. The summed E-state index contributed by atoms with van der Waals surface area (Å²) in [6.07, 6.45) is 6.08. The van der Waals surface area contributed by atoms with Crippen molar-refractivity contribution >= 4 is 11.5 Å². The van der Waals surface area contributed by atoms with Gasteiger partial charge in [0.15, 0.2) is 0 Å². The number of hydrogen-bond donors (Lipinski definition) is 3. The first-order chi connectivity index (χ1) is 8.56. The van der Waals surface area contributed by atoms with Gasteiger partial charge >= 0.3 is 0 Å². The van der Waals surface area contributed by atoms with Crippen LogP contribution in [0.1, 0.15) is 38.2 Å². The van der Waals surface area contributed by atoms with E-state index in [1.54, 1.807) is 6.20 Å². The van der Waals surface area contributed by atoms with Gasteiger partial charge in [-0.1, -0.05) is 19.8 Å². The zero-order valence-corrected chi connectivity index (χ0v) is 11.2. The molecule has 18 heavy (non-hydrogen) atoms. The number of pyridine rings is 1. The van der Waals surface area contributed by atoms with Gasteiger partial charge in [0.05, 0.1) is 17.8 Å². The lowest BCUT2D eigenvalue weighted by atomic mass is 9.77. The quantitative estimate of drug-likeness (QED) is 0.769. The van der Waals surface area contributed by atoms with E-state index in [4.69, 9.17) is 5.73 Å². The van der Waals surface area contributed by atoms with Crippen molar-refractivity contribution in [1.29, 1.82) is 0 Å². The summed E-state index contributed by atoms with van der Waals surface area (Å²) in [7, 11) is 0. The van der Waals surface area contributed by atoms with E-state index in [-0.39, 0.29) is 12.1 Å². The summed E-state index contributed by atoms with van der Waals surface area (Å²) < 4.78 is 0. The maximum absolute atomic E-state index is 9.75. The van der Waals surface area contributed by atoms with Crippen molar-refractivity contribution in [3.05, 3.63) is 17.8 Å². The molecule has 0 spiro atoms. The number of aliphatic hydroxyl groups is 1. The highest BCUT2D eigenvalue weighted by atomic mass is 16.3. The number of aliphatic hydroxyl groups excluding tert-OH is 1. The third-order valence-electron chi connectivity index (χ3n) is 3.99. The summed E-state index contributed by atoms with van der Waals surface area (Å²) in [6, 6.07) is 1.90. The Kier molecular flexibility index (Phi) is 3.76. The number of hydrogen-bond acceptors (Lipinski definition) is 4. The van der Waals surface area contributed by atoms with Crippen molar-refractivity contribution in [2.75, 3.05) is 17.7 Å². The number of anilines is 2. The Bertz CT molecular complexity index is 422. The number of nitrogens with one attached hydrogen (secondary N) is 1. The highest BCUT2D eigenvalue weighted by Gasteiger charge is 2.35. The second-order valence-corrected chi connectivity index (χ2v) is 5.66. The molecule has 0 amide bonds. The molecular formula is C14H23N3O. The first-order valence-electron chi connectivity index (χ1n) is 6.66. The van der Waals surface area contributed by atoms with Crippen molar-refractivity contribution in [3.63, 3.8) is 0 Å². The Morgan fingerprint density at radius 1 is 1.61 bits per heavy atom. The smallest absolute Gasteiger partial charge is 0.149 e. The van der Waals surface area contributed by atoms with E-state index in [0.717, 1.165) is 24.8 Å². The fourth-order valence-electron chi connectivity index (χ4n) is 2.88. The van der Waals surface area contributed by atoms with Crippen LogP contribution in [0.3, 0.4) is 0 Å². The Morgan fingerprint density at radius 2 is 2.39 bits per heavy atom. The van der Waals surface area contributed by atoms with Crippen LogP contribution in [0, 0.1) is 12.8 Å². The molecule has 1 aliphatic carbocycles. The van der Waals surface area contributed by atoms with Gasteiger partial charge in [-0.3, -0.25) is 0 Å². The van der Waals surface area contributed by atoms with Crippen molar-refractivity contribution in [3.8, 4) is 0 Å². The minimum atomic E-state index is -0.257. The molecule has 1 saturated carbocycles. The SMILES string of the molecule is Cc1ccnc(NC2(CO)CCCC(C)C2)c1N. The van der Waals surface area contributed by atoms with Crippen LogP contribution in [0.2, 0.25) is 0 Å². The number of nitrogens with zero attached hydrogens (tertiary/aromatic N) is 1. The van der Waals surface area contributed by atoms with E-state index in [1.807, 2.05) is 13.0 Å². The van der Waals surface area contributed by atoms with E-state index >= 15 is 0 Å². The summed E-state index contributed by atoms with van der Waals surface area (Å²) in [5.74, 6) is 1.34. The summed E-state index contributed by atoms with van der Waals surface area (Å²) >= 11 is 0. The molecule has 0 aromatic carbocycles. The van der Waals surface area contributed by atoms with Gasteiger partial charge in [0.25, 0.3) is 0 Å². The van der Waals surface area contributed by atoms with Crippen molar-refractivity contribution in [2.45, 2.75) is 45.1 Å². The van der Waals surface area contributed by atoms with Crippen molar-refractivity contribution in [1.82, 2.24) is 4.98 Å². The Balaban J connectivity index is 2.22. The number of rotatable bonds is 3. The van der Waals surface area contributed by atoms with Gasteiger partial charge in [-0.15, -0.1) is 0 Å². The van der Waals surface area contributed by atoms with Gasteiger partial charge in [-0.2, -0.15) is 0 Å². The van der Waals surface area contributed by atoms with Crippen LogP contribution in [-0.2, 0) is 0 Å². The second-order valence-electron chi connectivity index (χ2n) is 5.66. The Morgan fingerprint density at radius 3 is 3.06 bits per heavy atom. The van der Waals surface area contributed by atoms with Crippen LogP contribution in [0.15, 0.2) is 12.3 Å². The zero-order chi connectivity index (χ0) is 13.2. The van der Waals surface area contributed by atoms with Crippen LogP contribution >= 0.6 is 0 Å². The summed E-state index contributed by atoms with van der Waals surface area (Å²) in [6.45, 7) is 4.34. The first-order valence-corrected chi connectivity index (χ1v) is 6.66. The molecule has 4 heteroatoms. The lowest BCUT2D eigenvalue weighted by molar-refractivity contribution is 0.149. The largest absolute Gasteiger partial charge is 0.396 e.